The van der Waals surface area contributed by atoms with Crippen LogP contribution in [-0.2, 0) is 6.54 Å². The van der Waals surface area contributed by atoms with Crippen molar-refractivity contribution < 1.29 is 9.84 Å². The van der Waals surface area contributed by atoms with E-state index in [0.29, 0.717) is 17.5 Å². The molecule has 3 saturated heterocycles. The third-order valence-electron chi connectivity index (χ3n) is 4.50. The number of fused-ring (bicyclic) bond motifs is 3. The fourth-order valence-corrected chi connectivity index (χ4v) is 3.26. The maximum atomic E-state index is 9.95. The molecule has 0 radical (unpaired) electrons. The van der Waals surface area contributed by atoms with E-state index in [0.717, 1.165) is 24.6 Å². The molecule has 1 atom stereocenters. The van der Waals surface area contributed by atoms with Gasteiger partial charge in [0.2, 0.25) is 0 Å². The number of rotatable bonds is 4. The zero-order valence-corrected chi connectivity index (χ0v) is 11.4. The quantitative estimate of drug-likeness (QED) is 0.865. The molecule has 4 rings (SSSR count). The largest absolute Gasteiger partial charge is 0.507 e. The van der Waals surface area contributed by atoms with Gasteiger partial charge in [-0.05, 0) is 37.9 Å². The Bertz CT molecular complexity index is 442. The Hall–Kier alpha value is -1.26. The molecule has 3 heterocycles. The van der Waals surface area contributed by atoms with Crippen molar-refractivity contribution in [2.24, 2.45) is 5.92 Å². The molecule has 0 spiro atoms. The van der Waals surface area contributed by atoms with Gasteiger partial charge in [-0.2, -0.15) is 0 Å². The molecule has 4 heteroatoms. The molecule has 0 aromatic heterocycles. The van der Waals surface area contributed by atoms with Crippen molar-refractivity contribution in [1.29, 1.82) is 0 Å². The molecule has 3 fully saturated rings. The lowest BCUT2D eigenvalue weighted by molar-refractivity contribution is 0.0719. The van der Waals surface area contributed by atoms with Gasteiger partial charge in [0.15, 0.2) is 0 Å². The molecule has 0 amide bonds. The highest BCUT2D eigenvalue weighted by molar-refractivity contribution is 5.39. The lowest BCUT2D eigenvalue weighted by Gasteiger charge is -2.45. The van der Waals surface area contributed by atoms with Gasteiger partial charge in [-0.1, -0.05) is 6.07 Å². The first-order valence-electron chi connectivity index (χ1n) is 7.08. The van der Waals surface area contributed by atoms with E-state index in [9.17, 15) is 5.11 Å². The van der Waals surface area contributed by atoms with E-state index in [-0.39, 0.29) is 0 Å². The Morgan fingerprint density at radius 1 is 1.37 bits per heavy atom. The molecule has 1 unspecified atom stereocenters. The number of phenols is 1. The fourth-order valence-electron chi connectivity index (χ4n) is 3.26. The van der Waals surface area contributed by atoms with Crippen LogP contribution in [0.1, 0.15) is 18.4 Å². The van der Waals surface area contributed by atoms with Gasteiger partial charge in [-0.15, -0.1) is 0 Å². The number of methoxy groups -OCH3 is 1. The minimum Gasteiger partial charge on any atom is -0.507 e. The second-order valence-corrected chi connectivity index (χ2v) is 5.62. The number of aromatic hydroxyl groups is 1. The molecule has 104 valence electrons. The Balaban J connectivity index is 1.60. The lowest BCUT2D eigenvalue weighted by Crippen LogP contribution is -2.55. The number of nitrogens with one attached hydrogen (secondary N) is 1. The second-order valence-electron chi connectivity index (χ2n) is 5.62. The summed E-state index contributed by atoms with van der Waals surface area (Å²) in [6.45, 7) is 4.40. The zero-order valence-electron chi connectivity index (χ0n) is 11.4. The topological polar surface area (TPSA) is 44.7 Å². The van der Waals surface area contributed by atoms with Gasteiger partial charge in [-0.3, -0.25) is 0 Å². The molecule has 4 nitrogen and oxygen atoms in total. The van der Waals surface area contributed by atoms with Crippen molar-refractivity contribution in [1.82, 2.24) is 10.2 Å². The molecule has 2 bridgehead atoms. The third kappa shape index (κ3) is 2.69. The van der Waals surface area contributed by atoms with E-state index < -0.39 is 0 Å². The Labute approximate surface area is 114 Å². The average molecular weight is 262 g/mol. The van der Waals surface area contributed by atoms with Crippen LogP contribution in [0.25, 0.3) is 0 Å². The highest BCUT2D eigenvalue weighted by atomic mass is 16.5. The number of ether oxygens (including phenoxy) is 1. The first kappa shape index (κ1) is 12.8. The van der Waals surface area contributed by atoms with Gasteiger partial charge in [0.25, 0.3) is 0 Å². The summed E-state index contributed by atoms with van der Waals surface area (Å²) in [5, 5.41) is 13.6. The SMILES string of the molecule is COc1ccc(CNC2CN3CCC2CC3)c(O)c1. The van der Waals surface area contributed by atoms with Gasteiger partial charge in [0, 0.05) is 30.8 Å². The maximum Gasteiger partial charge on any atom is 0.123 e. The van der Waals surface area contributed by atoms with Gasteiger partial charge < -0.3 is 20.1 Å². The number of hydrogen-bond donors (Lipinski definition) is 2. The Morgan fingerprint density at radius 2 is 2.16 bits per heavy atom. The van der Waals surface area contributed by atoms with Crippen LogP contribution >= 0.6 is 0 Å². The van der Waals surface area contributed by atoms with E-state index in [4.69, 9.17) is 4.74 Å². The van der Waals surface area contributed by atoms with E-state index in [2.05, 4.69) is 10.2 Å². The number of phenolic OH excluding ortho intramolecular Hbond substituents is 1. The van der Waals surface area contributed by atoms with Crippen LogP contribution in [0.3, 0.4) is 0 Å². The molecular formula is C15H22N2O2. The summed E-state index contributed by atoms with van der Waals surface area (Å²) in [6.07, 6.45) is 2.62. The molecule has 2 N–H and O–H groups in total. The summed E-state index contributed by atoms with van der Waals surface area (Å²) in [5.41, 5.74) is 0.942. The van der Waals surface area contributed by atoms with E-state index >= 15 is 0 Å². The van der Waals surface area contributed by atoms with E-state index in [1.54, 1.807) is 13.2 Å². The maximum absolute atomic E-state index is 9.95. The van der Waals surface area contributed by atoms with Crippen LogP contribution in [0.4, 0.5) is 0 Å². The van der Waals surface area contributed by atoms with Crippen LogP contribution in [0, 0.1) is 5.92 Å². The Kier molecular flexibility index (Phi) is 3.62. The van der Waals surface area contributed by atoms with Crippen molar-refractivity contribution in [2.45, 2.75) is 25.4 Å². The summed E-state index contributed by atoms with van der Waals surface area (Å²) >= 11 is 0. The molecule has 3 aliphatic heterocycles. The van der Waals surface area contributed by atoms with Crippen molar-refractivity contribution >= 4 is 0 Å². The first-order chi connectivity index (χ1) is 9.26. The monoisotopic (exact) mass is 262 g/mol. The summed E-state index contributed by atoms with van der Waals surface area (Å²) in [7, 11) is 1.61. The normalized spacial score (nSPS) is 29.4. The first-order valence-corrected chi connectivity index (χ1v) is 7.08. The molecule has 0 saturated carbocycles. The zero-order chi connectivity index (χ0) is 13.2. The summed E-state index contributed by atoms with van der Waals surface area (Å²) < 4.78 is 5.10. The smallest absolute Gasteiger partial charge is 0.123 e. The van der Waals surface area contributed by atoms with Crippen molar-refractivity contribution in [2.75, 3.05) is 26.7 Å². The number of benzene rings is 1. The minimum absolute atomic E-state index is 0.313. The summed E-state index contributed by atoms with van der Waals surface area (Å²) in [4.78, 5) is 2.53. The van der Waals surface area contributed by atoms with Crippen molar-refractivity contribution in [3.05, 3.63) is 23.8 Å². The van der Waals surface area contributed by atoms with Crippen LogP contribution in [0.15, 0.2) is 18.2 Å². The Morgan fingerprint density at radius 3 is 2.74 bits per heavy atom. The minimum atomic E-state index is 0.313. The summed E-state index contributed by atoms with van der Waals surface area (Å²) in [5.74, 6) is 1.82. The molecular weight excluding hydrogens is 240 g/mol. The van der Waals surface area contributed by atoms with E-state index in [1.165, 1.54) is 25.9 Å². The van der Waals surface area contributed by atoms with Crippen molar-refractivity contribution in [3.63, 3.8) is 0 Å². The molecule has 3 aliphatic rings. The number of nitrogens with zero attached hydrogens (tertiary/aromatic N) is 1. The number of piperidine rings is 3. The highest BCUT2D eigenvalue weighted by Gasteiger charge is 2.33. The van der Waals surface area contributed by atoms with E-state index in [1.807, 2.05) is 12.1 Å². The predicted molar refractivity (Wildman–Crippen MR) is 74.5 cm³/mol. The van der Waals surface area contributed by atoms with Gasteiger partial charge >= 0.3 is 0 Å². The van der Waals surface area contributed by atoms with Gasteiger partial charge in [0.05, 0.1) is 7.11 Å². The average Bonchev–Trinajstić information content (AvgIpc) is 2.47. The summed E-state index contributed by atoms with van der Waals surface area (Å²) in [6, 6.07) is 6.08. The van der Waals surface area contributed by atoms with Crippen LogP contribution in [-0.4, -0.2) is 42.8 Å². The van der Waals surface area contributed by atoms with Gasteiger partial charge in [-0.25, -0.2) is 0 Å². The highest BCUT2D eigenvalue weighted by Crippen LogP contribution is 2.28. The molecule has 0 aliphatic carbocycles. The molecule has 1 aromatic carbocycles. The molecule has 1 aromatic rings. The van der Waals surface area contributed by atoms with Crippen LogP contribution in [0.5, 0.6) is 11.5 Å². The third-order valence-corrected chi connectivity index (χ3v) is 4.50. The fraction of sp³-hybridized carbons (Fsp3) is 0.600. The van der Waals surface area contributed by atoms with Gasteiger partial charge in [0.1, 0.15) is 11.5 Å². The second kappa shape index (κ2) is 5.39. The lowest BCUT2D eigenvalue weighted by atomic mass is 9.84. The predicted octanol–water partition coefficient (Wildman–Crippen LogP) is 1.58. The number of hydrogen-bond acceptors (Lipinski definition) is 4. The van der Waals surface area contributed by atoms with Crippen LogP contribution in [0.2, 0.25) is 0 Å². The standard InChI is InChI=1S/C15H22N2O2/c1-19-13-3-2-12(15(18)8-13)9-16-14-10-17-6-4-11(14)5-7-17/h2-3,8,11,14,16,18H,4-7,9-10H2,1H3. The molecule has 19 heavy (non-hydrogen) atoms. The van der Waals surface area contributed by atoms with Crippen molar-refractivity contribution in [3.8, 4) is 11.5 Å². The van der Waals surface area contributed by atoms with Crippen LogP contribution < -0.4 is 10.1 Å².